The van der Waals surface area contributed by atoms with Gasteiger partial charge in [0.1, 0.15) is 6.67 Å². The van der Waals surface area contributed by atoms with Crippen molar-refractivity contribution >= 4 is 17.9 Å². The largest absolute Gasteiger partial charge is 0.349 e. The van der Waals surface area contributed by atoms with Gasteiger partial charge in [0, 0.05) is 32.6 Å². The molecular weight excluding hydrogens is 283 g/mol. The highest BCUT2D eigenvalue weighted by molar-refractivity contribution is 5.94. The Balaban J connectivity index is 2.47. The minimum absolute atomic E-state index is 0.0266. The van der Waals surface area contributed by atoms with Gasteiger partial charge < -0.3 is 10.2 Å². The number of hydrogen-bond donors (Lipinski definition) is 1. The highest BCUT2D eigenvalue weighted by Gasteiger charge is 2.04. The number of unbranched alkanes of at least 4 members (excludes halogenated alkanes) is 1. The molecule has 0 fully saturated rings. The van der Waals surface area contributed by atoms with Crippen molar-refractivity contribution in [2.45, 2.75) is 19.3 Å². The van der Waals surface area contributed by atoms with Gasteiger partial charge in [0.25, 0.3) is 5.91 Å². The first-order valence-electron chi connectivity index (χ1n) is 7.35. The molecule has 0 aromatic heterocycles. The molecule has 0 aliphatic rings. The van der Waals surface area contributed by atoms with Gasteiger partial charge >= 0.3 is 0 Å². The van der Waals surface area contributed by atoms with Crippen LogP contribution in [0.2, 0.25) is 0 Å². The van der Waals surface area contributed by atoms with Gasteiger partial charge in [-0.05, 0) is 30.5 Å². The van der Waals surface area contributed by atoms with E-state index in [2.05, 4.69) is 5.32 Å². The van der Waals surface area contributed by atoms with Crippen molar-refractivity contribution in [3.8, 4) is 0 Å². The Labute approximate surface area is 131 Å². The fourth-order valence-corrected chi connectivity index (χ4v) is 1.86. The number of alkyl halides is 1. The van der Waals surface area contributed by atoms with E-state index in [1.54, 1.807) is 37.2 Å². The molecule has 0 atom stereocenters. The van der Waals surface area contributed by atoms with Gasteiger partial charge in [-0.25, -0.2) is 4.39 Å². The van der Waals surface area contributed by atoms with Gasteiger partial charge in [-0.1, -0.05) is 24.3 Å². The van der Waals surface area contributed by atoms with E-state index in [0.29, 0.717) is 12.0 Å². The third-order valence-corrected chi connectivity index (χ3v) is 3.10. The molecule has 0 aliphatic heterocycles. The molecule has 1 aromatic rings. The first kappa shape index (κ1) is 17.9. The molecule has 0 unspecified atom stereocenters. The molecule has 0 bridgehead atoms. The number of allylic oxidation sites excluding steroid dienone is 1. The van der Waals surface area contributed by atoms with Crippen molar-refractivity contribution < 1.29 is 14.0 Å². The number of amides is 2. The van der Waals surface area contributed by atoms with Crippen molar-refractivity contribution in [1.82, 2.24) is 10.2 Å². The summed E-state index contributed by atoms with van der Waals surface area (Å²) >= 11 is 0. The van der Waals surface area contributed by atoms with Crippen LogP contribution in [-0.2, 0) is 4.79 Å². The molecule has 0 saturated carbocycles. The summed E-state index contributed by atoms with van der Waals surface area (Å²) < 4.78 is 12.0. The number of nitrogens with zero attached hydrogens (tertiary/aromatic N) is 1. The minimum atomic E-state index is -0.572. The summed E-state index contributed by atoms with van der Waals surface area (Å²) in [6, 6.07) is 7.14. The standard InChI is InChI=1S/C17H23FN2O2/c1-20(2)16(21)10-5-3-4-7-14-8-6-9-15(13-14)17(22)19-12-11-18/h4,6-9,13H,3,5,10-12H2,1-2H3,(H,19,22). The van der Waals surface area contributed by atoms with Gasteiger partial charge in [-0.3, -0.25) is 9.59 Å². The number of hydrogen-bond acceptors (Lipinski definition) is 2. The Hall–Kier alpha value is -2.17. The molecule has 0 saturated heterocycles. The first-order chi connectivity index (χ1) is 10.5. The smallest absolute Gasteiger partial charge is 0.251 e. The molecule has 5 heteroatoms. The molecule has 1 aromatic carbocycles. The lowest BCUT2D eigenvalue weighted by Crippen LogP contribution is -2.25. The summed E-state index contributed by atoms with van der Waals surface area (Å²) in [5.41, 5.74) is 1.42. The maximum absolute atomic E-state index is 12.0. The lowest BCUT2D eigenvalue weighted by molar-refractivity contribution is -0.128. The van der Waals surface area contributed by atoms with E-state index >= 15 is 0 Å². The van der Waals surface area contributed by atoms with Crippen LogP contribution in [0.4, 0.5) is 4.39 Å². The predicted octanol–water partition coefficient (Wildman–Crippen LogP) is 2.66. The molecule has 2 amide bonds. The van der Waals surface area contributed by atoms with Gasteiger partial charge in [-0.2, -0.15) is 0 Å². The SMILES string of the molecule is CN(C)C(=O)CCCC=Cc1cccc(C(=O)NCCF)c1. The summed E-state index contributed by atoms with van der Waals surface area (Å²) in [5, 5.41) is 2.50. The Morgan fingerprint density at radius 2 is 2.09 bits per heavy atom. The van der Waals surface area contributed by atoms with Crippen LogP contribution in [0.25, 0.3) is 6.08 Å². The lowest BCUT2D eigenvalue weighted by Gasteiger charge is -2.08. The summed E-state index contributed by atoms with van der Waals surface area (Å²) in [6.07, 6.45) is 6.04. The zero-order valence-electron chi connectivity index (χ0n) is 13.1. The third kappa shape index (κ3) is 6.52. The van der Waals surface area contributed by atoms with E-state index in [9.17, 15) is 14.0 Å². The second-order valence-corrected chi connectivity index (χ2v) is 5.15. The van der Waals surface area contributed by atoms with E-state index in [4.69, 9.17) is 0 Å². The van der Waals surface area contributed by atoms with Crippen molar-refractivity contribution in [3.05, 3.63) is 41.5 Å². The van der Waals surface area contributed by atoms with Crippen LogP contribution in [0.3, 0.4) is 0 Å². The van der Waals surface area contributed by atoms with Crippen molar-refractivity contribution in [2.24, 2.45) is 0 Å². The van der Waals surface area contributed by atoms with Gasteiger partial charge in [0.05, 0.1) is 0 Å². The molecule has 4 nitrogen and oxygen atoms in total. The number of rotatable bonds is 8. The van der Waals surface area contributed by atoms with E-state index in [-0.39, 0.29) is 18.4 Å². The van der Waals surface area contributed by atoms with Gasteiger partial charge in [0.2, 0.25) is 5.91 Å². The molecule has 1 rings (SSSR count). The maximum atomic E-state index is 12.0. The first-order valence-corrected chi connectivity index (χ1v) is 7.35. The highest BCUT2D eigenvalue weighted by Crippen LogP contribution is 2.09. The molecule has 22 heavy (non-hydrogen) atoms. The number of nitrogens with one attached hydrogen (secondary N) is 1. The van der Waals surface area contributed by atoms with Crippen LogP contribution in [0, 0.1) is 0 Å². The molecular formula is C17H23FN2O2. The fraction of sp³-hybridized carbons (Fsp3) is 0.412. The monoisotopic (exact) mass is 306 g/mol. The van der Waals surface area contributed by atoms with Crippen LogP contribution < -0.4 is 5.32 Å². The van der Waals surface area contributed by atoms with Crippen molar-refractivity contribution in [2.75, 3.05) is 27.3 Å². The second-order valence-electron chi connectivity index (χ2n) is 5.15. The molecule has 0 spiro atoms. The molecule has 0 radical (unpaired) electrons. The Kier molecular flexibility index (Phi) is 7.89. The molecule has 120 valence electrons. The summed E-state index contributed by atoms with van der Waals surface area (Å²) in [4.78, 5) is 24.7. The Morgan fingerprint density at radius 3 is 2.77 bits per heavy atom. The van der Waals surface area contributed by atoms with Crippen LogP contribution in [0.1, 0.15) is 35.2 Å². The van der Waals surface area contributed by atoms with Crippen LogP contribution in [0.15, 0.2) is 30.3 Å². The number of halogens is 1. The normalized spacial score (nSPS) is 10.7. The average Bonchev–Trinajstić information content (AvgIpc) is 2.52. The van der Waals surface area contributed by atoms with E-state index in [0.717, 1.165) is 18.4 Å². The maximum Gasteiger partial charge on any atom is 0.251 e. The fourth-order valence-electron chi connectivity index (χ4n) is 1.86. The predicted molar refractivity (Wildman–Crippen MR) is 86.3 cm³/mol. The minimum Gasteiger partial charge on any atom is -0.349 e. The van der Waals surface area contributed by atoms with Gasteiger partial charge in [-0.15, -0.1) is 0 Å². The van der Waals surface area contributed by atoms with Crippen LogP contribution in [0.5, 0.6) is 0 Å². The Bertz CT molecular complexity index is 527. The topological polar surface area (TPSA) is 49.4 Å². The molecule has 1 N–H and O–H groups in total. The molecule has 0 heterocycles. The number of carbonyl (C=O) groups excluding carboxylic acids is 2. The van der Waals surface area contributed by atoms with Crippen molar-refractivity contribution in [1.29, 1.82) is 0 Å². The third-order valence-electron chi connectivity index (χ3n) is 3.10. The zero-order chi connectivity index (χ0) is 16.4. The summed E-state index contributed by atoms with van der Waals surface area (Å²) in [5.74, 6) is -0.149. The summed E-state index contributed by atoms with van der Waals surface area (Å²) in [6.45, 7) is -0.546. The van der Waals surface area contributed by atoms with Gasteiger partial charge in [0.15, 0.2) is 0 Å². The quantitative estimate of drug-likeness (QED) is 0.751. The van der Waals surface area contributed by atoms with E-state index < -0.39 is 6.67 Å². The zero-order valence-corrected chi connectivity index (χ0v) is 13.1. The average molecular weight is 306 g/mol. The highest BCUT2D eigenvalue weighted by atomic mass is 19.1. The Morgan fingerprint density at radius 1 is 1.32 bits per heavy atom. The summed E-state index contributed by atoms with van der Waals surface area (Å²) in [7, 11) is 3.50. The molecule has 0 aliphatic carbocycles. The second kappa shape index (κ2) is 9.71. The number of benzene rings is 1. The lowest BCUT2D eigenvalue weighted by atomic mass is 10.1. The van der Waals surface area contributed by atoms with Crippen molar-refractivity contribution in [3.63, 3.8) is 0 Å². The van der Waals surface area contributed by atoms with Crippen LogP contribution >= 0.6 is 0 Å². The van der Waals surface area contributed by atoms with Crippen LogP contribution in [-0.4, -0.2) is 44.0 Å². The number of carbonyl (C=O) groups is 2. The van der Waals surface area contributed by atoms with E-state index in [1.165, 1.54) is 0 Å². The van der Waals surface area contributed by atoms with E-state index in [1.807, 2.05) is 18.2 Å².